The van der Waals surface area contributed by atoms with Crippen LogP contribution in [0, 0.1) is 11.8 Å². The van der Waals surface area contributed by atoms with Crippen LogP contribution in [0.3, 0.4) is 0 Å². The van der Waals surface area contributed by atoms with Crippen molar-refractivity contribution in [2.75, 3.05) is 32.7 Å². The number of benzene rings is 1. The Hall–Kier alpha value is -2.08. The van der Waals surface area contributed by atoms with Gasteiger partial charge < -0.3 is 16.0 Å². The van der Waals surface area contributed by atoms with E-state index in [1.165, 1.54) is 12.0 Å². The number of hydrogen-bond donors (Lipinski definition) is 2. The first kappa shape index (κ1) is 17.7. The monoisotopic (exact) mass is 344 g/mol. The molecule has 1 aromatic rings. The van der Waals surface area contributed by atoms with E-state index in [4.69, 9.17) is 5.73 Å². The van der Waals surface area contributed by atoms with Crippen LogP contribution in [0.5, 0.6) is 0 Å². The van der Waals surface area contributed by atoms with Crippen molar-refractivity contribution in [2.24, 2.45) is 17.6 Å². The van der Waals surface area contributed by atoms with Crippen LogP contribution in [0.15, 0.2) is 30.3 Å². The molecule has 0 bridgehead atoms. The second-order valence-electron chi connectivity index (χ2n) is 7.25. The highest BCUT2D eigenvalue weighted by atomic mass is 16.2. The Morgan fingerprint density at radius 2 is 1.92 bits per heavy atom. The lowest BCUT2D eigenvalue weighted by molar-refractivity contribution is -0.121. The van der Waals surface area contributed by atoms with E-state index in [0.717, 1.165) is 26.1 Å². The highest BCUT2D eigenvalue weighted by Crippen LogP contribution is 2.19. The Labute approximate surface area is 149 Å². The van der Waals surface area contributed by atoms with Gasteiger partial charge in [0.15, 0.2) is 0 Å². The Bertz CT molecular complexity index is 592. The quantitative estimate of drug-likeness (QED) is 0.848. The summed E-state index contributed by atoms with van der Waals surface area (Å²) in [4.78, 5) is 27.7. The van der Waals surface area contributed by atoms with E-state index in [9.17, 15) is 9.59 Å². The van der Waals surface area contributed by atoms with Crippen molar-refractivity contribution >= 4 is 11.9 Å². The molecule has 2 fully saturated rings. The summed E-state index contributed by atoms with van der Waals surface area (Å²) in [6.07, 6.45) is 2.99. The third-order valence-electron chi connectivity index (χ3n) is 5.27. The van der Waals surface area contributed by atoms with Crippen molar-refractivity contribution in [2.45, 2.75) is 25.8 Å². The van der Waals surface area contributed by atoms with Gasteiger partial charge >= 0.3 is 6.03 Å². The molecule has 2 atom stereocenters. The van der Waals surface area contributed by atoms with Crippen LogP contribution in [0.4, 0.5) is 4.79 Å². The van der Waals surface area contributed by atoms with Crippen LogP contribution in [-0.4, -0.2) is 54.5 Å². The second kappa shape index (κ2) is 8.34. The molecule has 2 aliphatic rings. The predicted octanol–water partition coefficient (Wildman–Crippen LogP) is 1.42. The zero-order valence-corrected chi connectivity index (χ0v) is 14.7. The lowest BCUT2D eigenvalue weighted by Crippen LogP contribution is -2.44. The van der Waals surface area contributed by atoms with E-state index >= 15 is 0 Å². The molecule has 3 rings (SSSR count). The molecule has 2 heterocycles. The van der Waals surface area contributed by atoms with E-state index in [2.05, 4.69) is 34.5 Å². The van der Waals surface area contributed by atoms with Crippen LogP contribution < -0.4 is 11.1 Å². The van der Waals surface area contributed by atoms with Crippen molar-refractivity contribution in [3.05, 3.63) is 35.9 Å². The van der Waals surface area contributed by atoms with Crippen molar-refractivity contribution < 1.29 is 9.59 Å². The summed E-state index contributed by atoms with van der Waals surface area (Å²) in [5.41, 5.74) is 6.66. The number of carbonyl (C=O) groups excluding carboxylic acids is 2. The molecule has 25 heavy (non-hydrogen) atoms. The van der Waals surface area contributed by atoms with Crippen molar-refractivity contribution in [1.82, 2.24) is 15.1 Å². The maximum Gasteiger partial charge on any atom is 0.317 e. The molecule has 0 aromatic heterocycles. The smallest absolute Gasteiger partial charge is 0.317 e. The number of likely N-dealkylation sites (tertiary alicyclic amines) is 2. The molecular weight excluding hydrogens is 316 g/mol. The topological polar surface area (TPSA) is 78.7 Å². The summed E-state index contributed by atoms with van der Waals surface area (Å²) in [7, 11) is 0. The maximum absolute atomic E-state index is 12.3. The van der Waals surface area contributed by atoms with Gasteiger partial charge in [-0.25, -0.2) is 4.79 Å². The Morgan fingerprint density at radius 1 is 1.12 bits per heavy atom. The van der Waals surface area contributed by atoms with Gasteiger partial charge in [0.25, 0.3) is 0 Å². The van der Waals surface area contributed by atoms with E-state index in [-0.39, 0.29) is 17.9 Å². The van der Waals surface area contributed by atoms with Gasteiger partial charge in [-0.3, -0.25) is 9.69 Å². The molecular formula is C19H28N4O2. The van der Waals surface area contributed by atoms with Gasteiger partial charge in [-0.05, 0) is 37.3 Å². The number of rotatable bonds is 5. The van der Waals surface area contributed by atoms with E-state index in [0.29, 0.717) is 32.0 Å². The fourth-order valence-electron chi connectivity index (χ4n) is 3.82. The van der Waals surface area contributed by atoms with Gasteiger partial charge in [0.05, 0.1) is 5.92 Å². The molecule has 6 nitrogen and oxygen atoms in total. The molecule has 0 radical (unpaired) electrons. The van der Waals surface area contributed by atoms with Gasteiger partial charge in [0.2, 0.25) is 5.91 Å². The van der Waals surface area contributed by atoms with Gasteiger partial charge in [-0.15, -0.1) is 0 Å². The number of carbonyl (C=O) groups is 2. The SMILES string of the molecule is NC(=O)[C@@H]1CCN(C(=O)NC[C@H]2CCCN(Cc3ccccc3)C2)C1. The Kier molecular flexibility index (Phi) is 5.91. The van der Waals surface area contributed by atoms with Crippen LogP contribution >= 0.6 is 0 Å². The van der Waals surface area contributed by atoms with Gasteiger partial charge in [0.1, 0.15) is 0 Å². The molecule has 2 saturated heterocycles. The number of amides is 3. The largest absolute Gasteiger partial charge is 0.369 e. The lowest BCUT2D eigenvalue weighted by atomic mass is 9.97. The minimum atomic E-state index is -0.306. The Morgan fingerprint density at radius 3 is 2.64 bits per heavy atom. The average Bonchev–Trinajstić information content (AvgIpc) is 3.11. The second-order valence-corrected chi connectivity index (χ2v) is 7.25. The average molecular weight is 344 g/mol. The lowest BCUT2D eigenvalue weighted by Gasteiger charge is -2.33. The third kappa shape index (κ3) is 4.95. The highest BCUT2D eigenvalue weighted by molar-refractivity contribution is 5.80. The molecule has 0 unspecified atom stereocenters. The summed E-state index contributed by atoms with van der Waals surface area (Å²) >= 11 is 0. The normalized spacial score (nSPS) is 24.2. The predicted molar refractivity (Wildman–Crippen MR) is 96.7 cm³/mol. The summed E-state index contributed by atoms with van der Waals surface area (Å²) in [5, 5.41) is 3.05. The van der Waals surface area contributed by atoms with Gasteiger partial charge in [-0.2, -0.15) is 0 Å². The number of hydrogen-bond acceptors (Lipinski definition) is 3. The molecule has 1 aromatic carbocycles. The van der Waals surface area contributed by atoms with Crippen molar-refractivity contribution in [3.63, 3.8) is 0 Å². The van der Waals surface area contributed by atoms with Crippen molar-refractivity contribution in [1.29, 1.82) is 0 Å². The molecule has 0 spiro atoms. The first-order valence-corrected chi connectivity index (χ1v) is 9.20. The van der Waals surface area contributed by atoms with E-state index in [1.807, 2.05) is 6.07 Å². The fourth-order valence-corrected chi connectivity index (χ4v) is 3.82. The van der Waals surface area contributed by atoms with Gasteiger partial charge in [-0.1, -0.05) is 30.3 Å². The number of piperidine rings is 1. The minimum Gasteiger partial charge on any atom is -0.369 e. The number of nitrogens with two attached hydrogens (primary N) is 1. The van der Waals surface area contributed by atoms with Crippen LogP contribution in [0.1, 0.15) is 24.8 Å². The molecule has 0 aliphatic carbocycles. The number of nitrogens with zero attached hydrogens (tertiary/aromatic N) is 2. The summed E-state index contributed by atoms with van der Waals surface area (Å²) in [6.45, 7) is 4.86. The number of primary amides is 1. The molecule has 2 aliphatic heterocycles. The van der Waals surface area contributed by atoms with Crippen LogP contribution in [0.2, 0.25) is 0 Å². The maximum atomic E-state index is 12.3. The third-order valence-corrected chi connectivity index (χ3v) is 5.27. The molecule has 3 N–H and O–H groups in total. The summed E-state index contributed by atoms with van der Waals surface area (Å²) in [5.74, 6) is -0.0168. The van der Waals surface area contributed by atoms with Crippen LogP contribution in [0.25, 0.3) is 0 Å². The van der Waals surface area contributed by atoms with Crippen LogP contribution in [-0.2, 0) is 11.3 Å². The van der Waals surface area contributed by atoms with Crippen molar-refractivity contribution in [3.8, 4) is 0 Å². The molecule has 0 saturated carbocycles. The first-order valence-electron chi connectivity index (χ1n) is 9.20. The number of urea groups is 1. The first-order chi connectivity index (χ1) is 12.1. The standard InChI is InChI=1S/C19H28N4O2/c20-18(24)17-8-10-23(14-17)19(25)21-11-16-7-4-9-22(13-16)12-15-5-2-1-3-6-15/h1-3,5-6,16-17H,4,7-14H2,(H2,20,24)(H,21,25)/t16-,17-/m1/s1. The highest BCUT2D eigenvalue weighted by Gasteiger charge is 2.30. The summed E-state index contributed by atoms with van der Waals surface area (Å²) in [6, 6.07) is 10.4. The minimum absolute atomic E-state index is 0.0658. The van der Waals surface area contributed by atoms with E-state index in [1.54, 1.807) is 4.90 Å². The Balaban J connectivity index is 1.42. The molecule has 6 heteroatoms. The fraction of sp³-hybridized carbons (Fsp3) is 0.579. The molecule has 136 valence electrons. The van der Waals surface area contributed by atoms with Gasteiger partial charge in [0, 0.05) is 32.7 Å². The summed E-state index contributed by atoms with van der Waals surface area (Å²) < 4.78 is 0. The van der Waals surface area contributed by atoms with E-state index < -0.39 is 0 Å². The zero-order chi connectivity index (χ0) is 17.6. The zero-order valence-electron chi connectivity index (χ0n) is 14.7. The number of nitrogens with one attached hydrogen (secondary N) is 1. The molecule has 3 amide bonds.